The number of hydrogen-bond acceptors (Lipinski definition) is 3. The monoisotopic (exact) mass is 172 g/mol. The van der Waals surface area contributed by atoms with Crippen molar-refractivity contribution in [2.24, 2.45) is 5.92 Å². The minimum Gasteiger partial charge on any atom is -0.393 e. The first-order chi connectivity index (χ1) is 5.72. The summed E-state index contributed by atoms with van der Waals surface area (Å²) in [6, 6.07) is 0. The van der Waals surface area contributed by atoms with E-state index in [0.717, 1.165) is 19.3 Å². The molecule has 1 spiro atoms. The molecule has 1 heterocycles. The van der Waals surface area contributed by atoms with E-state index in [9.17, 15) is 5.11 Å². The van der Waals surface area contributed by atoms with Crippen LogP contribution in [0, 0.1) is 5.92 Å². The summed E-state index contributed by atoms with van der Waals surface area (Å²) < 4.78 is 11.1. The third-order valence-electron chi connectivity index (χ3n) is 2.92. The van der Waals surface area contributed by atoms with Gasteiger partial charge < -0.3 is 14.6 Å². The Hall–Kier alpha value is -0.120. The second-order valence-corrected chi connectivity index (χ2v) is 3.90. The van der Waals surface area contributed by atoms with Gasteiger partial charge in [0.2, 0.25) is 0 Å². The van der Waals surface area contributed by atoms with Gasteiger partial charge in [0.05, 0.1) is 19.3 Å². The third kappa shape index (κ3) is 1.37. The Morgan fingerprint density at radius 2 is 2.00 bits per heavy atom. The molecule has 0 bridgehead atoms. The zero-order chi connectivity index (χ0) is 8.60. The van der Waals surface area contributed by atoms with Gasteiger partial charge in [0.15, 0.2) is 5.79 Å². The van der Waals surface area contributed by atoms with Crippen LogP contribution in [0.4, 0.5) is 0 Å². The van der Waals surface area contributed by atoms with Crippen molar-refractivity contribution in [2.45, 2.75) is 38.1 Å². The molecule has 2 atom stereocenters. The summed E-state index contributed by atoms with van der Waals surface area (Å²) in [5, 5.41) is 9.51. The summed E-state index contributed by atoms with van der Waals surface area (Å²) >= 11 is 0. The Balaban J connectivity index is 2.01. The lowest BCUT2D eigenvalue weighted by atomic mass is 9.84. The van der Waals surface area contributed by atoms with Crippen molar-refractivity contribution in [1.82, 2.24) is 0 Å². The molecule has 3 nitrogen and oxygen atoms in total. The van der Waals surface area contributed by atoms with Gasteiger partial charge in [-0.2, -0.15) is 0 Å². The normalized spacial score (nSPS) is 40.5. The molecule has 0 radical (unpaired) electrons. The van der Waals surface area contributed by atoms with Crippen LogP contribution in [-0.2, 0) is 9.47 Å². The van der Waals surface area contributed by atoms with Crippen molar-refractivity contribution in [2.75, 3.05) is 13.2 Å². The molecule has 0 aromatic heterocycles. The highest BCUT2D eigenvalue weighted by Crippen LogP contribution is 2.38. The van der Waals surface area contributed by atoms with Gasteiger partial charge in [0.25, 0.3) is 0 Å². The van der Waals surface area contributed by atoms with Crippen molar-refractivity contribution in [3.05, 3.63) is 0 Å². The van der Waals surface area contributed by atoms with Crippen molar-refractivity contribution in [3.8, 4) is 0 Å². The molecule has 1 saturated carbocycles. The molecule has 1 aliphatic heterocycles. The Morgan fingerprint density at radius 1 is 1.33 bits per heavy atom. The first-order valence-electron chi connectivity index (χ1n) is 4.68. The van der Waals surface area contributed by atoms with Crippen LogP contribution in [0.15, 0.2) is 0 Å². The predicted octanol–water partition coefficient (Wildman–Crippen LogP) is 0.910. The van der Waals surface area contributed by atoms with Gasteiger partial charge >= 0.3 is 0 Å². The molecule has 1 saturated heterocycles. The number of aliphatic hydroxyl groups is 1. The van der Waals surface area contributed by atoms with Gasteiger partial charge in [-0.3, -0.25) is 0 Å². The number of rotatable bonds is 0. The van der Waals surface area contributed by atoms with Crippen molar-refractivity contribution in [3.63, 3.8) is 0 Å². The molecule has 12 heavy (non-hydrogen) atoms. The van der Waals surface area contributed by atoms with Crippen LogP contribution in [0.25, 0.3) is 0 Å². The second kappa shape index (κ2) is 2.98. The fraction of sp³-hybridized carbons (Fsp3) is 1.00. The molecule has 1 aliphatic carbocycles. The van der Waals surface area contributed by atoms with E-state index in [2.05, 4.69) is 6.92 Å². The number of aliphatic hydroxyl groups excluding tert-OH is 1. The van der Waals surface area contributed by atoms with Crippen LogP contribution < -0.4 is 0 Å². The highest BCUT2D eigenvalue weighted by atomic mass is 16.7. The zero-order valence-corrected chi connectivity index (χ0v) is 7.45. The molecule has 3 heteroatoms. The average molecular weight is 172 g/mol. The lowest BCUT2D eigenvalue weighted by molar-refractivity contribution is -0.200. The molecule has 0 aromatic carbocycles. The quantitative estimate of drug-likeness (QED) is 0.590. The Kier molecular flexibility index (Phi) is 2.10. The van der Waals surface area contributed by atoms with E-state index in [4.69, 9.17) is 9.47 Å². The van der Waals surface area contributed by atoms with Crippen molar-refractivity contribution >= 4 is 0 Å². The molecule has 70 valence electrons. The summed E-state index contributed by atoms with van der Waals surface area (Å²) in [7, 11) is 0. The summed E-state index contributed by atoms with van der Waals surface area (Å²) in [6.07, 6.45) is 2.33. The second-order valence-electron chi connectivity index (χ2n) is 3.90. The lowest BCUT2D eigenvalue weighted by Gasteiger charge is -2.37. The van der Waals surface area contributed by atoms with Gasteiger partial charge in [0.1, 0.15) is 0 Å². The lowest BCUT2D eigenvalue weighted by Crippen LogP contribution is -2.41. The molecular weight excluding hydrogens is 156 g/mol. The van der Waals surface area contributed by atoms with E-state index in [1.165, 1.54) is 0 Å². The predicted molar refractivity (Wildman–Crippen MR) is 43.7 cm³/mol. The molecule has 0 unspecified atom stereocenters. The average Bonchev–Trinajstić information content (AvgIpc) is 2.47. The van der Waals surface area contributed by atoms with Gasteiger partial charge in [-0.15, -0.1) is 0 Å². The van der Waals surface area contributed by atoms with E-state index >= 15 is 0 Å². The molecule has 2 fully saturated rings. The topological polar surface area (TPSA) is 38.7 Å². The molecular formula is C9H16O3. The summed E-state index contributed by atoms with van der Waals surface area (Å²) in [5.41, 5.74) is 0. The van der Waals surface area contributed by atoms with Crippen LogP contribution in [0.5, 0.6) is 0 Å². The summed E-state index contributed by atoms with van der Waals surface area (Å²) in [4.78, 5) is 0. The van der Waals surface area contributed by atoms with Crippen molar-refractivity contribution < 1.29 is 14.6 Å². The summed E-state index contributed by atoms with van der Waals surface area (Å²) in [5.74, 6) is -0.0320. The largest absolute Gasteiger partial charge is 0.393 e. The maximum atomic E-state index is 9.51. The molecule has 0 amide bonds. The van der Waals surface area contributed by atoms with Gasteiger partial charge in [-0.1, -0.05) is 6.92 Å². The van der Waals surface area contributed by atoms with Crippen LogP contribution in [0.3, 0.4) is 0 Å². The smallest absolute Gasteiger partial charge is 0.168 e. The molecule has 1 N–H and O–H groups in total. The molecule has 2 rings (SSSR count). The van der Waals surface area contributed by atoms with Gasteiger partial charge in [-0.25, -0.2) is 0 Å². The Morgan fingerprint density at radius 3 is 2.58 bits per heavy atom. The maximum absolute atomic E-state index is 9.51. The van der Waals surface area contributed by atoms with E-state index in [0.29, 0.717) is 19.1 Å². The first-order valence-corrected chi connectivity index (χ1v) is 4.68. The van der Waals surface area contributed by atoms with Crippen LogP contribution in [0.2, 0.25) is 0 Å². The molecule has 2 aliphatic rings. The first kappa shape index (κ1) is 8.48. The standard InChI is InChI=1S/C9H16O3/c1-7-6-9(3-2-8(7)10)11-4-5-12-9/h7-8,10H,2-6H2,1H3/t7-,8-/m1/s1. The fourth-order valence-electron chi connectivity index (χ4n) is 2.14. The van der Waals surface area contributed by atoms with E-state index in [-0.39, 0.29) is 11.9 Å². The Bertz CT molecular complexity index is 163. The number of ether oxygens (including phenoxy) is 2. The highest BCUT2D eigenvalue weighted by Gasteiger charge is 2.42. The zero-order valence-electron chi connectivity index (χ0n) is 7.45. The highest BCUT2D eigenvalue weighted by molar-refractivity contribution is 4.85. The van der Waals surface area contributed by atoms with Crippen LogP contribution in [-0.4, -0.2) is 30.2 Å². The van der Waals surface area contributed by atoms with E-state index < -0.39 is 0 Å². The van der Waals surface area contributed by atoms with Crippen LogP contribution >= 0.6 is 0 Å². The number of hydrogen-bond donors (Lipinski definition) is 1. The van der Waals surface area contributed by atoms with Gasteiger partial charge in [-0.05, 0) is 12.3 Å². The Labute approximate surface area is 72.7 Å². The third-order valence-corrected chi connectivity index (χ3v) is 2.92. The van der Waals surface area contributed by atoms with Crippen LogP contribution in [0.1, 0.15) is 26.2 Å². The minimum absolute atomic E-state index is 0.163. The van der Waals surface area contributed by atoms with E-state index in [1.807, 2.05) is 0 Å². The molecule has 0 aromatic rings. The minimum atomic E-state index is -0.335. The summed E-state index contributed by atoms with van der Waals surface area (Å²) in [6.45, 7) is 3.47. The maximum Gasteiger partial charge on any atom is 0.168 e. The van der Waals surface area contributed by atoms with E-state index in [1.54, 1.807) is 0 Å². The fourth-order valence-corrected chi connectivity index (χ4v) is 2.14. The SMILES string of the molecule is C[C@@H]1CC2(CC[C@H]1O)OCCO2. The van der Waals surface area contributed by atoms with Gasteiger partial charge in [0, 0.05) is 12.8 Å². The van der Waals surface area contributed by atoms with Crippen molar-refractivity contribution in [1.29, 1.82) is 0 Å².